The number of aliphatic imine (C=N–C) groups is 1. The van der Waals surface area contributed by atoms with Crippen LogP contribution in [0.1, 0.15) is 50.8 Å². The van der Waals surface area contributed by atoms with Crippen LogP contribution in [0.15, 0.2) is 78.0 Å². The van der Waals surface area contributed by atoms with Crippen LogP contribution >= 0.6 is 0 Å². The van der Waals surface area contributed by atoms with Gasteiger partial charge in [-0.2, -0.15) is 0 Å². The van der Waals surface area contributed by atoms with Gasteiger partial charge in [0.05, 0.1) is 23.3 Å². The first-order chi connectivity index (χ1) is 16.8. The molecule has 178 valence electrons. The molecule has 0 saturated heterocycles. The van der Waals surface area contributed by atoms with E-state index < -0.39 is 12.0 Å². The summed E-state index contributed by atoms with van der Waals surface area (Å²) in [6.45, 7) is 6.17. The molecule has 1 amide bonds. The molecule has 0 radical (unpaired) electrons. The number of hydrogen-bond acceptors (Lipinski definition) is 5. The number of Topliss-reactive ketones (excluding diaryl/α,β-unsaturated/α-hetero) is 1. The first-order valence-electron chi connectivity index (χ1n) is 11.9. The molecule has 0 N–H and O–H groups in total. The summed E-state index contributed by atoms with van der Waals surface area (Å²) in [5.74, 6) is 0.238. The van der Waals surface area contributed by atoms with Gasteiger partial charge in [0.25, 0.3) is 0 Å². The predicted molar refractivity (Wildman–Crippen MR) is 136 cm³/mol. The molecule has 0 bridgehead atoms. The zero-order valence-corrected chi connectivity index (χ0v) is 20.3. The van der Waals surface area contributed by atoms with E-state index in [0.29, 0.717) is 25.2 Å². The van der Waals surface area contributed by atoms with Crippen LogP contribution in [0, 0.1) is 11.3 Å². The fourth-order valence-corrected chi connectivity index (χ4v) is 5.23. The second kappa shape index (κ2) is 9.10. The smallest absolute Gasteiger partial charge is 0.224 e. The van der Waals surface area contributed by atoms with Crippen molar-refractivity contribution < 1.29 is 14.3 Å². The fraction of sp³-hybridized carbons (Fsp3) is 0.310. The second-order valence-electron chi connectivity index (χ2n) is 10.1. The maximum atomic E-state index is 13.6. The van der Waals surface area contributed by atoms with Crippen molar-refractivity contribution in [3.63, 3.8) is 0 Å². The summed E-state index contributed by atoms with van der Waals surface area (Å²) in [6.07, 6.45) is 4.68. The van der Waals surface area contributed by atoms with E-state index in [0.717, 1.165) is 28.2 Å². The monoisotopic (exact) mass is 467 g/mol. The van der Waals surface area contributed by atoms with Crippen LogP contribution in [-0.4, -0.2) is 22.4 Å². The maximum absolute atomic E-state index is 13.6. The highest BCUT2D eigenvalue weighted by Gasteiger charge is 2.47. The van der Waals surface area contributed by atoms with Crippen LogP contribution < -0.4 is 9.64 Å². The van der Waals surface area contributed by atoms with Crippen LogP contribution in [0.25, 0.3) is 0 Å². The molecule has 6 nitrogen and oxygen atoms in total. The Morgan fingerprint density at radius 2 is 1.83 bits per heavy atom. The normalized spacial score (nSPS) is 20.8. The Balaban J connectivity index is 1.54. The van der Waals surface area contributed by atoms with Gasteiger partial charge in [-0.1, -0.05) is 44.2 Å². The minimum Gasteiger partial charge on any atom is -0.489 e. The summed E-state index contributed by atoms with van der Waals surface area (Å²) >= 11 is 0. The summed E-state index contributed by atoms with van der Waals surface area (Å²) < 4.78 is 5.93. The number of ketones is 1. The molecule has 1 fully saturated rings. The van der Waals surface area contributed by atoms with Crippen LogP contribution in [0.3, 0.4) is 0 Å². The largest absolute Gasteiger partial charge is 0.489 e. The highest BCUT2D eigenvalue weighted by Crippen LogP contribution is 2.48. The van der Waals surface area contributed by atoms with E-state index in [9.17, 15) is 9.59 Å². The van der Waals surface area contributed by atoms with Crippen molar-refractivity contribution in [2.24, 2.45) is 16.3 Å². The number of carbonyl (C=O) groups excluding carboxylic acids is 2. The molecule has 6 heteroatoms. The van der Waals surface area contributed by atoms with Gasteiger partial charge >= 0.3 is 0 Å². The van der Waals surface area contributed by atoms with Gasteiger partial charge < -0.3 is 9.64 Å². The minimum absolute atomic E-state index is 0.117. The Labute approximate surface area is 205 Å². The van der Waals surface area contributed by atoms with Crippen LogP contribution in [0.5, 0.6) is 5.75 Å². The highest BCUT2D eigenvalue weighted by atomic mass is 16.5. The number of ether oxygens (including phenoxy) is 1. The third kappa shape index (κ3) is 4.61. The second-order valence-corrected chi connectivity index (χ2v) is 10.1. The lowest BCUT2D eigenvalue weighted by Gasteiger charge is -2.40. The van der Waals surface area contributed by atoms with Crippen molar-refractivity contribution in [3.05, 3.63) is 84.2 Å². The molecule has 2 unspecified atom stereocenters. The molecule has 2 atom stereocenters. The number of nitrogens with zero attached hydrogens (tertiary/aromatic N) is 3. The molecule has 2 aromatic carbocycles. The molecular weight excluding hydrogens is 438 g/mol. The molecule has 1 aromatic heterocycles. The van der Waals surface area contributed by atoms with Crippen molar-refractivity contribution in [3.8, 4) is 5.75 Å². The molecule has 3 aromatic rings. The molecular formula is C29H29N3O3. The lowest BCUT2D eigenvalue weighted by Crippen LogP contribution is -2.46. The third-order valence-electron chi connectivity index (χ3n) is 6.71. The number of aromatic nitrogens is 1. The Bertz CT molecular complexity index is 1280. The molecule has 2 aliphatic rings. The minimum atomic E-state index is -0.485. The van der Waals surface area contributed by atoms with Gasteiger partial charge in [0.1, 0.15) is 18.1 Å². The van der Waals surface area contributed by atoms with Gasteiger partial charge in [0.15, 0.2) is 0 Å². The summed E-state index contributed by atoms with van der Waals surface area (Å²) in [4.78, 5) is 37.5. The Hall–Kier alpha value is -3.80. The SMILES string of the molecule is CC(=O)N1c2ccccc2N=C2CC(C)(C)CC(=O)C2C1c1ccc(OCc2cccnc2)cc1. The van der Waals surface area contributed by atoms with Crippen LogP contribution in [0.2, 0.25) is 0 Å². The number of hydrogen-bond donors (Lipinski definition) is 0. The molecule has 0 spiro atoms. The van der Waals surface area contributed by atoms with Crippen LogP contribution in [0.4, 0.5) is 11.4 Å². The van der Waals surface area contributed by atoms with E-state index in [1.807, 2.05) is 60.7 Å². The third-order valence-corrected chi connectivity index (χ3v) is 6.71. The standard InChI is InChI=1S/C29H29N3O3/c1-19(33)32-25-9-5-4-8-23(25)31-24-15-29(2,3)16-26(34)27(24)28(32)21-10-12-22(13-11-21)35-18-20-7-6-14-30-17-20/h4-14,17,27-28H,15-16,18H2,1-3H3. The molecule has 1 aliphatic carbocycles. The van der Waals surface area contributed by atoms with E-state index in [-0.39, 0.29) is 17.1 Å². The van der Waals surface area contributed by atoms with E-state index in [1.54, 1.807) is 24.2 Å². The van der Waals surface area contributed by atoms with E-state index in [1.165, 1.54) is 0 Å². The van der Waals surface area contributed by atoms with Gasteiger partial charge in [-0.3, -0.25) is 19.6 Å². The van der Waals surface area contributed by atoms with Gasteiger partial charge in [0.2, 0.25) is 5.91 Å². The van der Waals surface area contributed by atoms with Gasteiger partial charge in [-0.05, 0) is 47.7 Å². The maximum Gasteiger partial charge on any atom is 0.224 e. The average Bonchev–Trinajstić information content (AvgIpc) is 2.97. The van der Waals surface area contributed by atoms with E-state index in [4.69, 9.17) is 9.73 Å². The van der Waals surface area contributed by atoms with Crippen molar-refractivity contribution in [1.82, 2.24) is 4.98 Å². The van der Waals surface area contributed by atoms with E-state index in [2.05, 4.69) is 18.8 Å². The van der Waals surface area contributed by atoms with Crippen molar-refractivity contribution >= 4 is 28.8 Å². The lowest BCUT2D eigenvalue weighted by molar-refractivity contribution is -0.124. The Kier molecular flexibility index (Phi) is 5.97. The van der Waals surface area contributed by atoms with Crippen molar-refractivity contribution in [1.29, 1.82) is 0 Å². The summed E-state index contributed by atoms with van der Waals surface area (Å²) in [6, 6.07) is 18.7. The van der Waals surface area contributed by atoms with Crippen molar-refractivity contribution in [2.75, 3.05) is 4.90 Å². The van der Waals surface area contributed by atoms with Gasteiger partial charge in [0, 0.05) is 37.0 Å². The Morgan fingerprint density at radius 3 is 2.54 bits per heavy atom. The molecule has 1 saturated carbocycles. The number of amides is 1. The first kappa shape index (κ1) is 23.0. The summed E-state index contributed by atoms with van der Waals surface area (Å²) in [5.41, 5.74) is 4.01. The Morgan fingerprint density at radius 1 is 1.06 bits per heavy atom. The quantitative estimate of drug-likeness (QED) is 0.483. The molecule has 1 aliphatic heterocycles. The molecule has 35 heavy (non-hydrogen) atoms. The van der Waals surface area contributed by atoms with E-state index >= 15 is 0 Å². The van der Waals surface area contributed by atoms with Gasteiger partial charge in [-0.25, -0.2) is 0 Å². The first-order valence-corrected chi connectivity index (χ1v) is 11.9. The number of rotatable bonds is 4. The lowest BCUT2D eigenvalue weighted by atomic mass is 9.68. The highest BCUT2D eigenvalue weighted by molar-refractivity contribution is 6.12. The predicted octanol–water partition coefficient (Wildman–Crippen LogP) is 5.85. The average molecular weight is 468 g/mol. The van der Waals surface area contributed by atoms with Crippen molar-refractivity contribution in [2.45, 2.75) is 46.3 Å². The number of anilines is 1. The summed E-state index contributed by atoms with van der Waals surface area (Å²) in [7, 11) is 0. The zero-order valence-electron chi connectivity index (χ0n) is 20.3. The molecule has 2 heterocycles. The summed E-state index contributed by atoms with van der Waals surface area (Å²) in [5, 5.41) is 0. The number of carbonyl (C=O) groups is 2. The number of pyridine rings is 1. The number of benzene rings is 2. The zero-order chi connectivity index (χ0) is 24.6. The number of fused-ring (bicyclic) bond motifs is 2. The van der Waals surface area contributed by atoms with Crippen LogP contribution in [-0.2, 0) is 16.2 Å². The fourth-order valence-electron chi connectivity index (χ4n) is 5.23. The van der Waals surface area contributed by atoms with Gasteiger partial charge in [-0.15, -0.1) is 0 Å². The topological polar surface area (TPSA) is 71.9 Å². The number of para-hydroxylation sites is 2. The molecule has 5 rings (SSSR count).